The Morgan fingerprint density at radius 1 is 1.07 bits per heavy atom. The van der Waals surface area contributed by atoms with Crippen molar-refractivity contribution in [3.8, 4) is 5.75 Å². The number of amides is 2. The molecule has 7 nitrogen and oxygen atoms in total. The first kappa shape index (κ1) is 23.4. The third kappa shape index (κ3) is 6.87. The summed E-state index contributed by atoms with van der Waals surface area (Å²) in [4.78, 5) is 31.1. The van der Waals surface area contributed by atoms with Crippen LogP contribution in [0.5, 0.6) is 5.75 Å². The maximum atomic E-state index is 12.7. The Morgan fingerprint density at radius 2 is 1.76 bits per heavy atom. The average Bonchev–Trinajstić information content (AvgIpc) is 2.72. The topological polar surface area (TPSA) is 65.1 Å². The number of rotatable bonds is 6. The van der Waals surface area contributed by atoms with Gasteiger partial charge in [-0.3, -0.25) is 14.5 Å². The number of nitrogens with zero attached hydrogens (tertiary/aromatic N) is 3. The highest BCUT2D eigenvalue weighted by Gasteiger charge is 2.26. The van der Waals surface area contributed by atoms with Gasteiger partial charge in [-0.15, -0.1) is 12.4 Å². The first-order valence-corrected chi connectivity index (χ1v) is 10.3. The van der Waals surface area contributed by atoms with E-state index >= 15 is 0 Å². The molecule has 29 heavy (non-hydrogen) atoms. The molecule has 1 aromatic carbocycles. The number of hydrogen-bond donors (Lipinski definition) is 1. The lowest BCUT2D eigenvalue weighted by Gasteiger charge is -2.36. The zero-order chi connectivity index (χ0) is 19.9. The lowest BCUT2D eigenvalue weighted by Crippen LogP contribution is -2.52. The molecular weight excluding hydrogens is 392 g/mol. The van der Waals surface area contributed by atoms with E-state index in [2.05, 4.69) is 10.2 Å². The SMILES string of the molecule is Cc1cccc(OC(C)C(=O)N2CCN(CCC(=O)N3CCNCC3)CC2)c1.Cl. The first-order valence-electron chi connectivity index (χ1n) is 10.3. The third-order valence-electron chi connectivity index (χ3n) is 5.45. The van der Waals surface area contributed by atoms with Crippen LogP contribution < -0.4 is 10.1 Å². The van der Waals surface area contributed by atoms with Crippen LogP contribution in [0.4, 0.5) is 0 Å². The van der Waals surface area contributed by atoms with Gasteiger partial charge in [-0.1, -0.05) is 12.1 Å². The van der Waals surface area contributed by atoms with E-state index in [-0.39, 0.29) is 24.2 Å². The molecule has 1 unspecified atom stereocenters. The van der Waals surface area contributed by atoms with Gasteiger partial charge in [0.05, 0.1) is 0 Å². The fraction of sp³-hybridized carbons (Fsp3) is 0.619. The molecule has 2 fully saturated rings. The monoisotopic (exact) mass is 424 g/mol. The molecule has 1 atom stereocenters. The van der Waals surface area contributed by atoms with Gasteiger partial charge in [0.25, 0.3) is 5.91 Å². The van der Waals surface area contributed by atoms with Crippen LogP contribution in [0.3, 0.4) is 0 Å². The van der Waals surface area contributed by atoms with E-state index < -0.39 is 6.10 Å². The quantitative estimate of drug-likeness (QED) is 0.742. The highest BCUT2D eigenvalue weighted by Crippen LogP contribution is 2.15. The number of carbonyl (C=O) groups is 2. The van der Waals surface area contributed by atoms with Gasteiger partial charge in [-0.25, -0.2) is 0 Å². The van der Waals surface area contributed by atoms with Gasteiger partial charge in [-0.05, 0) is 31.5 Å². The van der Waals surface area contributed by atoms with Crippen LogP contribution in [0, 0.1) is 6.92 Å². The molecule has 2 aliphatic heterocycles. The smallest absolute Gasteiger partial charge is 0.263 e. The second-order valence-electron chi connectivity index (χ2n) is 7.62. The van der Waals surface area contributed by atoms with Crippen LogP contribution in [-0.4, -0.2) is 91.5 Å². The molecule has 0 bridgehead atoms. The van der Waals surface area contributed by atoms with Gasteiger partial charge in [0.15, 0.2) is 6.10 Å². The van der Waals surface area contributed by atoms with Gasteiger partial charge < -0.3 is 19.9 Å². The maximum Gasteiger partial charge on any atom is 0.263 e. The van der Waals surface area contributed by atoms with Gasteiger partial charge in [0.2, 0.25) is 5.91 Å². The molecule has 0 aliphatic carbocycles. The Labute approximate surface area is 179 Å². The Bertz CT molecular complexity index is 674. The summed E-state index contributed by atoms with van der Waals surface area (Å²) in [5.41, 5.74) is 1.11. The molecular formula is C21H33ClN4O3. The van der Waals surface area contributed by atoms with Crippen molar-refractivity contribution in [2.45, 2.75) is 26.4 Å². The van der Waals surface area contributed by atoms with E-state index in [1.165, 1.54) is 0 Å². The predicted molar refractivity (Wildman–Crippen MR) is 116 cm³/mol. The molecule has 162 valence electrons. The lowest BCUT2D eigenvalue weighted by atomic mass is 10.2. The summed E-state index contributed by atoms with van der Waals surface area (Å²) in [6, 6.07) is 7.76. The summed E-state index contributed by atoms with van der Waals surface area (Å²) < 4.78 is 5.82. The summed E-state index contributed by atoms with van der Waals surface area (Å²) in [6.45, 7) is 10.9. The predicted octanol–water partition coefficient (Wildman–Crippen LogP) is 1.15. The largest absolute Gasteiger partial charge is 0.481 e. The van der Waals surface area contributed by atoms with E-state index in [1.807, 2.05) is 47.9 Å². The Balaban J connectivity index is 0.00000300. The van der Waals surface area contributed by atoms with Crippen molar-refractivity contribution in [2.75, 3.05) is 58.9 Å². The van der Waals surface area contributed by atoms with Crippen LogP contribution >= 0.6 is 12.4 Å². The highest BCUT2D eigenvalue weighted by molar-refractivity contribution is 5.85. The number of nitrogens with one attached hydrogen (secondary N) is 1. The van der Waals surface area contributed by atoms with Crippen molar-refractivity contribution in [1.29, 1.82) is 0 Å². The zero-order valence-electron chi connectivity index (χ0n) is 17.4. The van der Waals surface area contributed by atoms with Crippen LogP contribution in [-0.2, 0) is 9.59 Å². The number of aryl methyl sites for hydroxylation is 1. The number of ether oxygens (including phenoxy) is 1. The molecule has 0 aromatic heterocycles. The molecule has 1 aromatic rings. The first-order chi connectivity index (χ1) is 13.5. The van der Waals surface area contributed by atoms with Crippen LogP contribution in [0.15, 0.2) is 24.3 Å². The number of carbonyl (C=O) groups excluding carboxylic acids is 2. The minimum Gasteiger partial charge on any atom is -0.481 e. The Morgan fingerprint density at radius 3 is 2.41 bits per heavy atom. The van der Waals surface area contributed by atoms with Crippen LogP contribution in [0.2, 0.25) is 0 Å². The summed E-state index contributed by atoms with van der Waals surface area (Å²) in [5.74, 6) is 0.990. The molecule has 2 aliphatic rings. The normalized spacial score (nSPS) is 18.7. The van der Waals surface area contributed by atoms with Crippen LogP contribution in [0.25, 0.3) is 0 Å². The van der Waals surface area contributed by atoms with Gasteiger partial charge in [-0.2, -0.15) is 0 Å². The molecule has 2 amide bonds. The number of benzene rings is 1. The molecule has 2 heterocycles. The van der Waals surface area contributed by atoms with E-state index in [4.69, 9.17) is 4.74 Å². The van der Waals surface area contributed by atoms with Crippen molar-refractivity contribution in [3.63, 3.8) is 0 Å². The van der Waals surface area contributed by atoms with E-state index in [0.717, 1.165) is 57.1 Å². The van der Waals surface area contributed by atoms with Crippen molar-refractivity contribution >= 4 is 24.2 Å². The van der Waals surface area contributed by atoms with Crippen molar-refractivity contribution in [2.24, 2.45) is 0 Å². The fourth-order valence-corrected chi connectivity index (χ4v) is 3.72. The molecule has 0 spiro atoms. The van der Waals surface area contributed by atoms with Gasteiger partial charge >= 0.3 is 0 Å². The molecule has 1 N–H and O–H groups in total. The second-order valence-corrected chi connectivity index (χ2v) is 7.62. The standard InChI is InChI=1S/C21H32N4O3.ClH/c1-17-4-3-5-19(16-17)28-18(2)21(27)25-14-12-23(13-15-25)9-6-20(26)24-10-7-22-8-11-24;/h3-5,16,18,22H,6-15H2,1-2H3;1H. The summed E-state index contributed by atoms with van der Waals surface area (Å²) in [7, 11) is 0. The average molecular weight is 425 g/mol. The fourth-order valence-electron chi connectivity index (χ4n) is 3.72. The number of piperazine rings is 2. The zero-order valence-corrected chi connectivity index (χ0v) is 18.2. The second kappa shape index (κ2) is 11.4. The molecule has 0 saturated carbocycles. The Kier molecular flexibility index (Phi) is 9.20. The van der Waals surface area contributed by atoms with Crippen molar-refractivity contribution < 1.29 is 14.3 Å². The summed E-state index contributed by atoms with van der Waals surface area (Å²) in [6.07, 6.45) is 0.0588. The van der Waals surface area contributed by atoms with Gasteiger partial charge in [0, 0.05) is 65.3 Å². The summed E-state index contributed by atoms with van der Waals surface area (Å²) in [5, 5.41) is 3.27. The van der Waals surface area contributed by atoms with E-state index in [1.54, 1.807) is 0 Å². The lowest BCUT2D eigenvalue weighted by molar-refractivity contribution is -0.140. The third-order valence-corrected chi connectivity index (χ3v) is 5.45. The van der Waals surface area contributed by atoms with Crippen molar-refractivity contribution in [1.82, 2.24) is 20.0 Å². The van der Waals surface area contributed by atoms with Crippen LogP contribution in [0.1, 0.15) is 18.9 Å². The van der Waals surface area contributed by atoms with E-state index in [0.29, 0.717) is 19.5 Å². The maximum absolute atomic E-state index is 12.7. The highest BCUT2D eigenvalue weighted by atomic mass is 35.5. The number of hydrogen-bond acceptors (Lipinski definition) is 5. The molecule has 8 heteroatoms. The molecule has 0 radical (unpaired) electrons. The van der Waals surface area contributed by atoms with E-state index in [9.17, 15) is 9.59 Å². The minimum absolute atomic E-state index is 0. The molecule has 2 saturated heterocycles. The number of halogens is 1. The molecule has 3 rings (SSSR count). The van der Waals surface area contributed by atoms with Crippen molar-refractivity contribution in [3.05, 3.63) is 29.8 Å². The minimum atomic E-state index is -0.498. The van der Waals surface area contributed by atoms with Gasteiger partial charge in [0.1, 0.15) is 5.75 Å². The Hall–Kier alpha value is -1.83. The summed E-state index contributed by atoms with van der Waals surface area (Å²) >= 11 is 0.